The Balaban J connectivity index is 2.83. The van der Waals surface area contributed by atoms with Gasteiger partial charge >= 0.3 is 0 Å². The van der Waals surface area contributed by atoms with Crippen LogP contribution in [0.4, 0.5) is 0 Å². The molecule has 0 saturated heterocycles. The number of methoxy groups -OCH3 is 1. The highest BCUT2D eigenvalue weighted by Gasteiger charge is 2.03. The second-order valence-corrected chi connectivity index (χ2v) is 3.56. The van der Waals surface area contributed by atoms with Gasteiger partial charge in [0.15, 0.2) is 0 Å². The molecule has 1 rings (SSSR count). The van der Waals surface area contributed by atoms with Gasteiger partial charge in [0.05, 0.1) is 12.1 Å². The van der Waals surface area contributed by atoms with Crippen molar-refractivity contribution < 1.29 is 4.74 Å². The summed E-state index contributed by atoms with van der Waals surface area (Å²) in [5, 5.41) is 0.639. The number of benzene rings is 1. The van der Waals surface area contributed by atoms with E-state index >= 15 is 0 Å². The summed E-state index contributed by atoms with van der Waals surface area (Å²) in [7, 11) is 1.60. The molecule has 0 amide bonds. The van der Waals surface area contributed by atoms with E-state index in [0.717, 1.165) is 12.0 Å². The van der Waals surface area contributed by atoms with Crippen molar-refractivity contribution in [2.75, 3.05) is 7.11 Å². The summed E-state index contributed by atoms with van der Waals surface area (Å²) in [5.41, 5.74) is 6.81. The molecule has 0 aromatic heterocycles. The first-order valence-electron chi connectivity index (χ1n) is 4.21. The van der Waals surface area contributed by atoms with Crippen LogP contribution in [-0.2, 0) is 6.42 Å². The van der Waals surface area contributed by atoms with E-state index in [0.29, 0.717) is 10.8 Å². The largest absolute Gasteiger partial charge is 0.495 e. The summed E-state index contributed by atoms with van der Waals surface area (Å²) in [6.07, 6.45) is 0.837. The van der Waals surface area contributed by atoms with Gasteiger partial charge in [-0.1, -0.05) is 17.7 Å². The second kappa shape index (κ2) is 4.49. The molecule has 1 aromatic carbocycles. The zero-order valence-electron chi connectivity index (χ0n) is 7.88. The summed E-state index contributed by atoms with van der Waals surface area (Å²) in [5.74, 6) is 0.704. The number of halogens is 1. The maximum absolute atomic E-state index is 5.95. The Morgan fingerprint density at radius 3 is 2.69 bits per heavy atom. The molecule has 0 unspecified atom stereocenters. The van der Waals surface area contributed by atoms with Crippen LogP contribution in [0.15, 0.2) is 18.2 Å². The molecule has 0 aliphatic carbocycles. The van der Waals surface area contributed by atoms with Gasteiger partial charge in [-0.25, -0.2) is 0 Å². The Kier molecular flexibility index (Phi) is 3.58. The topological polar surface area (TPSA) is 35.2 Å². The number of hydrogen-bond acceptors (Lipinski definition) is 2. The molecule has 2 nitrogen and oxygen atoms in total. The van der Waals surface area contributed by atoms with E-state index in [2.05, 4.69) is 0 Å². The van der Waals surface area contributed by atoms with Gasteiger partial charge in [0, 0.05) is 6.04 Å². The highest BCUT2D eigenvalue weighted by Crippen LogP contribution is 2.25. The molecule has 0 aliphatic heterocycles. The van der Waals surface area contributed by atoms with Crippen LogP contribution in [0.1, 0.15) is 12.5 Å². The van der Waals surface area contributed by atoms with E-state index in [1.165, 1.54) is 0 Å². The Labute approximate surface area is 83.6 Å². The average molecular weight is 200 g/mol. The van der Waals surface area contributed by atoms with E-state index < -0.39 is 0 Å². The van der Waals surface area contributed by atoms with E-state index in [9.17, 15) is 0 Å². The quantitative estimate of drug-likeness (QED) is 0.811. The van der Waals surface area contributed by atoms with E-state index in [-0.39, 0.29) is 6.04 Å². The molecule has 72 valence electrons. The number of nitrogens with two attached hydrogens (primary N) is 1. The third-order valence-electron chi connectivity index (χ3n) is 1.77. The van der Waals surface area contributed by atoms with Gasteiger partial charge in [-0.2, -0.15) is 0 Å². The van der Waals surface area contributed by atoms with Crippen LogP contribution in [-0.4, -0.2) is 13.2 Å². The smallest absolute Gasteiger partial charge is 0.137 e. The highest BCUT2D eigenvalue weighted by molar-refractivity contribution is 6.32. The molecule has 0 bridgehead atoms. The molecule has 2 N–H and O–H groups in total. The van der Waals surface area contributed by atoms with Crippen molar-refractivity contribution in [3.8, 4) is 5.75 Å². The van der Waals surface area contributed by atoms with E-state index in [1.54, 1.807) is 7.11 Å². The lowest BCUT2D eigenvalue weighted by Gasteiger charge is -2.07. The fraction of sp³-hybridized carbons (Fsp3) is 0.400. The van der Waals surface area contributed by atoms with Crippen LogP contribution in [0.3, 0.4) is 0 Å². The Bertz CT molecular complexity index is 286. The summed E-state index contributed by atoms with van der Waals surface area (Å²) in [6.45, 7) is 1.97. The van der Waals surface area contributed by atoms with Crippen LogP contribution in [0.5, 0.6) is 5.75 Å². The van der Waals surface area contributed by atoms with Gasteiger partial charge in [0.25, 0.3) is 0 Å². The lowest BCUT2D eigenvalue weighted by atomic mass is 10.1. The van der Waals surface area contributed by atoms with Crippen LogP contribution in [0, 0.1) is 0 Å². The van der Waals surface area contributed by atoms with Gasteiger partial charge < -0.3 is 10.5 Å². The lowest BCUT2D eigenvalue weighted by Crippen LogP contribution is -2.17. The van der Waals surface area contributed by atoms with E-state index in [4.69, 9.17) is 22.1 Å². The molecule has 3 heteroatoms. The van der Waals surface area contributed by atoms with Crippen molar-refractivity contribution in [1.82, 2.24) is 0 Å². The summed E-state index contributed by atoms with van der Waals surface area (Å²) >= 11 is 5.95. The predicted molar refractivity (Wildman–Crippen MR) is 55.4 cm³/mol. The molecule has 1 aromatic rings. The second-order valence-electron chi connectivity index (χ2n) is 3.15. The highest BCUT2D eigenvalue weighted by atomic mass is 35.5. The molecule has 0 heterocycles. The van der Waals surface area contributed by atoms with Crippen LogP contribution in [0.2, 0.25) is 5.02 Å². The molecular formula is C10H14ClNO. The fourth-order valence-corrected chi connectivity index (χ4v) is 1.49. The first-order valence-corrected chi connectivity index (χ1v) is 4.59. The lowest BCUT2D eigenvalue weighted by molar-refractivity contribution is 0.415. The van der Waals surface area contributed by atoms with Crippen LogP contribution in [0.25, 0.3) is 0 Å². The van der Waals surface area contributed by atoms with Gasteiger partial charge in [0.2, 0.25) is 0 Å². The minimum atomic E-state index is 0.157. The molecule has 1 atom stereocenters. The first-order chi connectivity index (χ1) is 6.13. The number of hydrogen-bond donors (Lipinski definition) is 1. The van der Waals surface area contributed by atoms with Gasteiger partial charge in [0.1, 0.15) is 5.75 Å². The summed E-state index contributed by atoms with van der Waals surface area (Å²) in [4.78, 5) is 0. The third kappa shape index (κ3) is 2.90. The third-order valence-corrected chi connectivity index (χ3v) is 2.07. The molecule has 0 spiro atoms. The Morgan fingerprint density at radius 1 is 1.54 bits per heavy atom. The monoisotopic (exact) mass is 199 g/mol. The number of ether oxygens (including phenoxy) is 1. The van der Waals surface area contributed by atoms with E-state index in [1.807, 2.05) is 25.1 Å². The Hall–Kier alpha value is -0.730. The van der Waals surface area contributed by atoms with Crippen molar-refractivity contribution >= 4 is 11.6 Å². The normalized spacial score (nSPS) is 12.6. The van der Waals surface area contributed by atoms with Crippen LogP contribution < -0.4 is 10.5 Å². The van der Waals surface area contributed by atoms with Gasteiger partial charge in [-0.3, -0.25) is 0 Å². The molecule has 0 aliphatic rings. The summed E-state index contributed by atoms with van der Waals surface area (Å²) in [6, 6.07) is 5.89. The van der Waals surface area contributed by atoms with Crippen LogP contribution >= 0.6 is 11.6 Å². The minimum Gasteiger partial charge on any atom is -0.495 e. The van der Waals surface area contributed by atoms with Crippen molar-refractivity contribution in [2.24, 2.45) is 5.73 Å². The standard InChI is InChI=1S/C10H14ClNO/c1-7(12)5-8-3-4-10(13-2)9(11)6-8/h3-4,6-7H,5,12H2,1-2H3/t7-/m1/s1. The summed E-state index contributed by atoms with van der Waals surface area (Å²) < 4.78 is 5.04. The zero-order valence-corrected chi connectivity index (χ0v) is 8.64. The molecule has 0 saturated carbocycles. The zero-order chi connectivity index (χ0) is 9.84. The average Bonchev–Trinajstić information content (AvgIpc) is 2.03. The fourth-order valence-electron chi connectivity index (χ4n) is 1.21. The molecular weight excluding hydrogens is 186 g/mol. The first kappa shape index (κ1) is 10.4. The Morgan fingerprint density at radius 2 is 2.23 bits per heavy atom. The predicted octanol–water partition coefficient (Wildman–Crippen LogP) is 2.24. The number of rotatable bonds is 3. The van der Waals surface area contributed by atoms with Gasteiger partial charge in [-0.05, 0) is 31.0 Å². The molecule has 0 radical (unpaired) electrons. The maximum Gasteiger partial charge on any atom is 0.137 e. The van der Waals surface area contributed by atoms with Crippen molar-refractivity contribution in [3.05, 3.63) is 28.8 Å². The van der Waals surface area contributed by atoms with Crippen molar-refractivity contribution in [1.29, 1.82) is 0 Å². The van der Waals surface area contributed by atoms with Crippen molar-refractivity contribution in [3.63, 3.8) is 0 Å². The molecule has 0 fully saturated rings. The SMILES string of the molecule is COc1ccc(C[C@@H](C)N)cc1Cl. The minimum absolute atomic E-state index is 0.157. The maximum atomic E-state index is 5.95. The molecule has 13 heavy (non-hydrogen) atoms. The van der Waals surface area contributed by atoms with Crippen molar-refractivity contribution in [2.45, 2.75) is 19.4 Å². The van der Waals surface area contributed by atoms with Gasteiger partial charge in [-0.15, -0.1) is 0 Å².